The van der Waals surface area contributed by atoms with E-state index in [1.807, 2.05) is 0 Å². The molecule has 0 aliphatic heterocycles. The molecule has 14 heavy (non-hydrogen) atoms. The summed E-state index contributed by atoms with van der Waals surface area (Å²) in [6.07, 6.45) is 9.64. The average Bonchev–Trinajstić information content (AvgIpc) is 2.83. The first kappa shape index (κ1) is 10.5. The fourth-order valence-corrected chi connectivity index (χ4v) is 3.41. The molecule has 0 spiro atoms. The summed E-state index contributed by atoms with van der Waals surface area (Å²) in [5.74, 6) is 2.80. The van der Waals surface area contributed by atoms with Crippen LogP contribution < -0.4 is 5.73 Å². The molecule has 0 amide bonds. The van der Waals surface area contributed by atoms with Crippen LogP contribution in [0, 0.1) is 17.8 Å². The van der Waals surface area contributed by atoms with Crippen LogP contribution in [0.15, 0.2) is 0 Å². The average molecular weight is 195 g/mol. The molecule has 0 bridgehead atoms. The van der Waals surface area contributed by atoms with Gasteiger partial charge in [-0.25, -0.2) is 0 Å². The molecule has 1 heteroatoms. The minimum Gasteiger partial charge on any atom is -0.325 e. The van der Waals surface area contributed by atoms with Crippen molar-refractivity contribution in [3.63, 3.8) is 0 Å². The van der Waals surface area contributed by atoms with Crippen LogP contribution >= 0.6 is 0 Å². The second-order valence-electron chi connectivity index (χ2n) is 6.15. The van der Waals surface area contributed by atoms with E-state index in [2.05, 4.69) is 13.8 Å². The summed E-state index contributed by atoms with van der Waals surface area (Å²) in [6.45, 7) is 4.60. The third-order valence-corrected chi connectivity index (χ3v) is 4.02. The summed E-state index contributed by atoms with van der Waals surface area (Å²) in [7, 11) is 0. The molecule has 0 aromatic carbocycles. The molecule has 2 unspecified atom stereocenters. The Morgan fingerprint density at radius 2 is 1.93 bits per heavy atom. The molecule has 2 rings (SSSR count). The lowest BCUT2D eigenvalue weighted by Crippen LogP contribution is -2.45. The Kier molecular flexibility index (Phi) is 2.88. The van der Waals surface area contributed by atoms with Gasteiger partial charge in [-0.1, -0.05) is 26.7 Å². The van der Waals surface area contributed by atoms with Crippen LogP contribution in [0.5, 0.6) is 0 Å². The SMILES string of the molecule is CC(C)CC1(N)CCCC(C2CC2)C1. The van der Waals surface area contributed by atoms with Gasteiger partial charge in [0.15, 0.2) is 0 Å². The molecule has 2 fully saturated rings. The second kappa shape index (κ2) is 3.84. The monoisotopic (exact) mass is 195 g/mol. The van der Waals surface area contributed by atoms with Gasteiger partial charge in [0.25, 0.3) is 0 Å². The van der Waals surface area contributed by atoms with Gasteiger partial charge in [-0.3, -0.25) is 0 Å². The lowest BCUT2D eigenvalue weighted by molar-refractivity contribution is 0.179. The lowest BCUT2D eigenvalue weighted by atomic mass is 9.71. The van der Waals surface area contributed by atoms with Gasteiger partial charge in [-0.2, -0.15) is 0 Å². The van der Waals surface area contributed by atoms with Gasteiger partial charge in [0.2, 0.25) is 0 Å². The fraction of sp³-hybridized carbons (Fsp3) is 1.00. The van der Waals surface area contributed by atoms with E-state index in [9.17, 15) is 0 Å². The van der Waals surface area contributed by atoms with Gasteiger partial charge in [0.05, 0.1) is 0 Å². The minimum absolute atomic E-state index is 0.194. The molecule has 2 atom stereocenters. The van der Waals surface area contributed by atoms with E-state index in [-0.39, 0.29) is 5.54 Å². The first-order valence-corrected chi connectivity index (χ1v) is 6.38. The van der Waals surface area contributed by atoms with Crippen molar-refractivity contribution in [1.29, 1.82) is 0 Å². The first-order valence-electron chi connectivity index (χ1n) is 6.38. The second-order valence-corrected chi connectivity index (χ2v) is 6.15. The van der Waals surface area contributed by atoms with Crippen LogP contribution in [0.2, 0.25) is 0 Å². The summed E-state index contributed by atoms with van der Waals surface area (Å²) in [4.78, 5) is 0. The third-order valence-electron chi connectivity index (χ3n) is 4.02. The number of nitrogens with two attached hydrogens (primary N) is 1. The first-order chi connectivity index (χ1) is 6.59. The number of hydrogen-bond acceptors (Lipinski definition) is 1. The molecule has 2 aliphatic carbocycles. The molecule has 0 aromatic heterocycles. The zero-order valence-electron chi connectivity index (χ0n) is 9.76. The molecule has 0 radical (unpaired) electrons. The van der Waals surface area contributed by atoms with Gasteiger partial charge < -0.3 is 5.73 Å². The quantitative estimate of drug-likeness (QED) is 0.734. The van der Waals surface area contributed by atoms with Crippen molar-refractivity contribution in [1.82, 2.24) is 0 Å². The van der Waals surface area contributed by atoms with Gasteiger partial charge >= 0.3 is 0 Å². The normalized spacial score (nSPS) is 39.0. The largest absolute Gasteiger partial charge is 0.325 e. The fourth-order valence-electron chi connectivity index (χ4n) is 3.41. The summed E-state index contributed by atoms with van der Waals surface area (Å²) in [5, 5.41) is 0. The van der Waals surface area contributed by atoms with Gasteiger partial charge in [-0.05, 0) is 49.9 Å². The highest BCUT2D eigenvalue weighted by atomic mass is 14.8. The van der Waals surface area contributed by atoms with Crippen molar-refractivity contribution < 1.29 is 0 Å². The van der Waals surface area contributed by atoms with E-state index in [1.165, 1.54) is 44.9 Å². The van der Waals surface area contributed by atoms with Gasteiger partial charge in [-0.15, -0.1) is 0 Å². The maximum atomic E-state index is 6.52. The molecular weight excluding hydrogens is 170 g/mol. The van der Waals surface area contributed by atoms with Gasteiger partial charge in [0, 0.05) is 5.54 Å². The molecule has 0 heterocycles. The Morgan fingerprint density at radius 1 is 1.21 bits per heavy atom. The van der Waals surface area contributed by atoms with Crippen LogP contribution in [-0.4, -0.2) is 5.54 Å². The summed E-state index contributed by atoms with van der Waals surface area (Å²) in [5.41, 5.74) is 6.71. The van der Waals surface area contributed by atoms with E-state index in [0.717, 1.165) is 17.8 Å². The molecule has 2 N–H and O–H groups in total. The Labute approximate surface area is 88.4 Å². The topological polar surface area (TPSA) is 26.0 Å². The highest BCUT2D eigenvalue weighted by Crippen LogP contribution is 2.47. The smallest absolute Gasteiger partial charge is 0.0159 e. The van der Waals surface area contributed by atoms with E-state index in [1.54, 1.807) is 0 Å². The Balaban J connectivity index is 1.90. The maximum Gasteiger partial charge on any atom is 0.0159 e. The van der Waals surface area contributed by atoms with Crippen LogP contribution in [-0.2, 0) is 0 Å². The summed E-state index contributed by atoms with van der Waals surface area (Å²) in [6, 6.07) is 0. The summed E-state index contributed by atoms with van der Waals surface area (Å²) >= 11 is 0. The van der Waals surface area contributed by atoms with Crippen molar-refractivity contribution in [3.8, 4) is 0 Å². The van der Waals surface area contributed by atoms with Crippen LogP contribution in [0.3, 0.4) is 0 Å². The van der Waals surface area contributed by atoms with E-state index in [0.29, 0.717) is 0 Å². The maximum absolute atomic E-state index is 6.52. The van der Waals surface area contributed by atoms with E-state index in [4.69, 9.17) is 5.73 Å². The zero-order valence-corrected chi connectivity index (χ0v) is 9.76. The highest BCUT2D eigenvalue weighted by molar-refractivity contribution is 4.95. The molecule has 1 nitrogen and oxygen atoms in total. The molecule has 82 valence electrons. The molecule has 2 saturated carbocycles. The third kappa shape index (κ3) is 2.50. The van der Waals surface area contributed by atoms with Crippen molar-refractivity contribution >= 4 is 0 Å². The summed E-state index contributed by atoms with van der Waals surface area (Å²) < 4.78 is 0. The van der Waals surface area contributed by atoms with Crippen LogP contribution in [0.4, 0.5) is 0 Å². The standard InChI is InChI=1S/C13H25N/c1-10(2)8-13(14)7-3-4-12(9-13)11-5-6-11/h10-12H,3-9,14H2,1-2H3. The zero-order chi connectivity index (χ0) is 10.2. The van der Waals surface area contributed by atoms with Crippen molar-refractivity contribution in [2.24, 2.45) is 23.5 Å². The minimum atomic E-state index is 0.194. The molecule has 2 aliphatic rings. The van der Waals surface area contributed by atoms with Crippen LogP contribution in [0.1, 0.15) is 58.8 Å². The van der Waals surface area contributed by atoms with E-state index >= 15 is 0 Å². The lowest BCUT2D eigenvalue weighted by Gasteiger charge is -2.39. The predicted molar refractivity (Wildman–Crippen MR) is 61.1 cm³/mol. The Hall–Kier alpha value is -0.0400. The highest BCUT2D eigenvalue weighted by Gasteiger charge is 2.39. The van der Waals surface area contributed by atoms with Crippen LogP contribution in [0.25, 0.3) is 0 Å². The Bertz CT molecular complexity index is 195. The number of hydrogen-bond donors (Lipinski definition) is 1. The molecule has 0 saturated heterocycles. The van der Waals surface area contributed by atoms with Gasteiger partial charge in [0.1, 0.15) is 0 Å². The van der Waals surface area contributed by atoms with Crippen molar-refractivity contribution in [3.05, 3.63) is 0 Å². The Morgan fingerprint density at radius 3 is 2.50 bits per heavy atom. The predicted octanol–water partition coefficient (Wildman–Crippen LogP) is 3.33. The number of rotatable bonds is 3. The van der Waals surface area contributed by atoms with Crippen molar-refractivity contribution in [2.75, 3.05) is 0 Å². The molecular formula is C13H25N. The van der Waals surface area contributed by atoms with E-state index < -0.39 is 0 Å². The molecule has 0 aromatic rings. The van der Waals surface area contributed by atoms with Crippen molar-refractivity contribution in [2.45, 2.75) is 64.3 Å².